The van der Waals surface area contributed by atoms with Crippen LogP contribution in [0.5, 0.6) is 0 Å². The van der Waals surface area contributed by atoms with Crippen LogP contribution < -0.4 is 14.5 Å². The monoisotopic (exact) mass is 380 g/mol. The quantitative estimate of drug-likeness (QED) is 0.790. The van der Waals surface area contributed by atoms with Crippen molar-refractivity contribution in [3.05, 3.63) is 52.7 Å². The van der Waals surface area contributed by atoms with Gasteiger partial charge in [-0.3, -0.25) is 0 Å². The minimum Gasteiger partial charge on any atom is -0.360 e. The highest BCUT2D eigenvalue weighted by Crippen LogP contribution is 2.21. The fourth-order valence-electron chi connectivity index (χ4n) is 3.68. The zero-order valence-electron chi connectivity index (χ0n) is 14.7. The molecule has 2 aromatic rings. The van der Waals surface area contributed by atoms with Crippen molar-refractivity contribution in [3.63, 3.8) is 0 Å². The lowest BCUT2D eigenvalue weighted by molar-refractivity contribution is -0.933. The first-order chi connectivity index (χ1) is 11.9. The van der Waals surface area contributed by atoms with Crippen molar-refractivity contribution in [2.45, 2.75) is 19.0 Å². The fourth-order valence-corrected chi connectivity index (χ4v) is 5.48. The minimum atomic E-state index is -3.22. The van der Waals surface area contributed by atoms with Crippen LogP contribution in [0.2, 0.25) is 0 Å². The molecule has 1 aromatic heterocycles. The second kappa shape index (κ2) is 7.86. The molecule has 0 bridgehead atoms. The van der Waals surface area contributed by atoms with Gasteiger partial charge in [-0.2, -0.15) is 0 Å². The zero-order chi connectivity index (χ0) is 17.9. The molecule has 1 aliphatic rings. The number of anilines is 1. The lowest BCUT2D eigenvalue weighted by atomic mass is 10.1. The number of hydrogen-bond acceptors (Lipinski definition) is 4. The lowest BCUT2D eigenvalue weighted by Crippen LogP contribution is -3.16. The van der Waals surface area contributed by atoms with E-state index in [0.29, 0.717) is 0 Å². The molecular formula is C18H26N3O2S2+. The average molecular weight is 381 g/mol. The summed E-state index contributed by atoms with van der Waals surface area (Å²) in [5, 5.41) is 2.06. The predicted molar refractivity (Wildman–Crippen MR) is 104 cm³/mol. The van der Waals surface area contributed by atoms with Crippen LogP contribution in [0.15, 0.2) is 47.8 Å². The van der Waals surface area contributed by atoms with Gasteiger partial charge in [0.2, 0.25) is 10.0 Å². The van der Waals surface area contributed by atoms with Crippen molar-refractivity contribution in [1.29, 1.82) is 0 Å². The van der Waals surface area contributed by atoms with Crippen LogP contribution in [0.25, 0.3) is 0 Å². The van der Waals surface area contributed by atoms with Crippen molar-refractivity contribution in [1.82, 2.24) is 4.72 Å². The van der Waals surface area contributed by atoms with Crippen LogP contribution in [0, 0.1) is 0 Å². The summed E-state index contributed by atoms with van der Waals surface area (Å²) in [6.45, 7) is 5.92. The highest BCUT2D eigenvalue weighted by atomic mass is 32.2. The van der Waals surface area contributed by atoms with Gasteiger partial charge >= 0.3 is 0 Å². The van der Waals surface area contributed by atoms with Crippen molar-refractivity contribution < 1.29 is 13.3 Å². The van der Waals surface area contributed by atoms with E-state index in [4.69, 9.17) is 0 Å². The van der Waals surface area contributed by atoms with Gasteiger partial charge in [0.1, 0.15) is 6.04 Å². The van der Waals surface area contributed by atoms with Crippen LogP contribution in [-0.2, 0) is 10.0 Å². The summed E-state index contributed by atoms with van der Waals surface area (Å²) >= 11 is 1.71. The summed E-state index contributed by atoms with van der Waals surface area (Å²) in [7, 11) is -3.22. The Hall–Kier alpha value is -1.41. The van der Waals surface area contributed by atoms with Crippen molar-refractivity contribution in [3.8, 4) is 0 Å². The molecule has 2 atom stereocenters. The van der Waals surface area contributed by atoms with Crippen LogP contribution in [0.4, 0.5) is 5.69 Å². The van der Waals surface area contributed by atoms with E-state index in [-0.39, 0.29) is 12.1 Å². The summed E-state index contributed by atoms with van der Waals surface area (Å²) in [4.78, 5) is 5.09. The fraction of sp³-hybridized carbons (Fsp3) is 0.444. The highest BCUT2D eigenvalue weighted by molar-refractivity contribution is 7.88. The van der Waals surface area contributed by atoms with E-state index >= 15 is 0 Å². The summed E-state index contributed by atoms with van der Waals surface area (Å²) < 4.78 is 26.2. The van der Waals surface area contributed by atoms with Crippen LogP contribution in [0.1, 0.15) is 17.8 Å². The molecule has 25 heavy (non-hydrogen) atoms. The van der Waals surface area contributed by atoms with Gasteiger partial charge in [-0.15, -0.1) is 11.3 Å². The van der Waals surface area contributed by atoms with Crippen LogP contribution in [0.3, 0.4) is 0 Å². The maximum absolute atomic E-state index is 11.7. The predicted octanol–water partition coefficient (Wildman–Crippen LogP) is 1.13. The number of quaternary nitrogens is 1. The molecule has 2 heterocycles. The molecular weight excluding hydrogens is 354 g/mol. The van der Waals surface area contributed by atoms with Crippen molar-refractivity contribution >= 4 is 27.0 Å². The largest absolute Gasteiger partial charge is 0.360 e. The van der Waals surface area contributed by atoms with E-state index in [1.54, 1.807) is 11.3 Å². The lowest BCUT2D eigenvalue weighted by Gasteiger charge is -2.39. The molecule has 1 saturated heterocycles. The second-order valence-corrected chi connectivity index (χ2v) is 9.41. The molecule has 0 saturated carbocycles. The molecule has 1 fully saturated rings. The molecule has 0 spiro atoms. The third-order valence-corrected chi connectivity index (χ3v) is 6.47. The Balaban J connectivity index is 1.72. The zero-order valence-corrected chi connectivity index (χ0v) is 16.3. The topological polar surface area (TPSA) is 53.9 Å². The number of nitrogens with zero attached hydrogens (tertiary/aromatic N) is 1. The number of piperazine rings is 1. The first-order valence-electron chi connectivity index (χ1n) is 8.59. The van der Waals surface area contributed by atoms with Crippen LogP contribution in [-0.4, -0.2) is 46.9 Å². The van der Waals surface area contributed by atoms with E-state index in [9.17, 15) is 8.42 Å². The van der Waals surface area contributed by atoms with E-state index in [1.165, 1.54) is 21.7 Å². The van der Waals surface area contributed by atoms with Crippen molar-refractivity contribution in [2.24, 2.45) is 0 Å². The standard InChI is InChI=1S/C18H25N3O2S2/c1-15(19-25(2,22)23)18(17-9-6-14-24-17)21-12-10-20(11-13-21)16-7-4-3-5-8-16/h3-9,14-15,18-19H,10-13H2,1-2H3/p+1/t15-,18+/m0/s1. The Morgan fingerprint density at radius 2 is 1.80 bits per heavy atom. The molecule has 3 rings (SSSR count). The van der Waals surface area contributed by atoms with Gasteiger partial charge in [-0.1, -0.05) is 24.3 Å². The molecule has 136 valence electrons. The number of rotatable bonds is 6. The van der Waals surface area contributed by atoms with E-state index in [2.05, 4.69) is 45.3 Å². The van der Waals surface area contributed by atoms with Gasteiger partial charge in [-0.05, 0) is 30.5 Å². The molecule has 0 amide bonds. The number of benzene rings is 1. The SMILES string of the molecule is C[C@H](NS(C)(=O)=O)[C@H](c1cccs1)[NH+]1CCN(c2ccccc2)CC1. The molecule has 7 heteroatoms. The van der Waals surface area contributed by atoms with Gasteiger partial charge in [-0.25, -0.2) is 13.1 Å². The molecule has 2 N–H and O–H groups in total. The van der Waals surface area contributed by atoms with E-state index < -0.39 is 10.0 Å². The number of sulfonamides is 1. The van der Waals surface area contributed by atoms with Crippen molar-refractivity contribution in [2.75, 3.05) is 37.3 Å². The smallest absolute Gasteiger partial charge is 0.209 e. The summed E-state index contributed by atoms with van der Waals surface area (Å²) in [5.41, 5.74) is 1.26. The molecule has 5 nitrogen and oxygen atoms in total. The summed E-state index contributed by atoms with van der Waals surface area (Å²) in [5.74, 6) is 0. The molecule has 1 aliphatic heterocycles. The molecule has 0 unspecified atom stereocenters. The summed E-state index contributed by atoms with van der Waals surface area (Å²) in [6.07, 6.45) is 1.23. The minimum absolute atomic E-state index is 0.132. The number of para-hydroxylation sites is 1. The van der Waals surface area contributed by atoms with E-state index in [0.717, 1.165) is 26.2 Å². The number of thiophene rings is 1. The third kappa shape index (κ3) is 4.82. The van der Waals surface area contributed by atoms with Crippen LogP contribution >= 0.6 is 11.3 Å². The summed E-state index contributed by atoms with van der Waals surface area (Å²) in [6, 6.07) is 14.6. The Morgan fingerprint density at radius 3 is 2.36 bits per heavy atom. The Kier molecular flexibility index (Phi) is 5.78. The first kappa shape index (κ1) is 18.4. The highest BCUT2D eigenvalue weighted by Gasteiger charge is 2.34. The molecule has 0 radical (unpaired) electrons. The Bertz CT molecular complexity index is 755. The van der Waals surface area contributed by atoms with Gasteiger partial charge < -0.3 is 9.80 Å². The maximum Gasteiger partial charge on any atom is 0.209 e. The number of hydrogen-bond donors (Lipinski definition) is 2. The second-order valence-electron chi connectivity index (χ2n) is 6.65. The van der Waals surface area contributed by atoms with Gasteiger partial charge in [0.05, 0.1) is 43.4 Å². The first-order valence-corrected chi connectivity index (χ1v) is 11.4. The maximum atomic E-state index is 11.7. The molecule has 1 aromatic carbocycles. The Morgan fingerprint density at radius 1 is 1.12 bits per heavy atom. The third-order valence-electron chi connectivity index (χ3n) is 4.72. The number of nitrogens with one attached hydrogen (secondary N) is 2. The Labute approximate surface area is 154 Å². The normalized spacial score (nSPS) is 18.9. The van der Waals surface area contributed by atoms with Gasteiger partial charge in [0.15, 0.2) is 0 Å². The average Bonchev–Trinajstić information content (AvgIpc) is 3.09. The van der Waals surface area contributed by atoms with Gasteiger partial charge in [0.25, 0.3) is 0 Å². The van der Waals surface area contributed by atoms with E-state index in [1.807, 2.05) is 19.1 Å². The molecule has 0 aliphatic carbocycles. The van der Waals surface area contributed by atoms with Gasteiger partial charge in [0, 0.05) is 5.69 Å².